The fourth-order valence-electron chi connectivity index (χ4n) is 4.82. The highest BCUT2D eigenvalue weighted by Crippen LogP contribution is 2.23. The Morgan fingerprint density at radius 2 is 1.65 bits per heavy atom. The van der Waals surface area contributed by atoms with Gasteiger partial charge in [0.15, 0.2) is 5.13 Å². The lowest BCUT2D eigenvalue weighted by molar-refractivity contribution is -0.130. The van der Waals surface area contributed by atoms with Gasteiger partial charge in [0.05, 0.1) is 12.1 Å². The third-order valence-electron chi connectivity index (χ3n) is 6.98. The Morgan fingerprint density at radius 1 is 0.919 bits per heavy atom. The van der Waals surface area contributed by atoms with Crippen molar-refractivity contribution < 1.29 is 9.59 Å². The molecule has 194 valence electrons. The minimum atomic E-state index is -0.157. The lowest BCUT2D eigenvalue weighted by Gasteiger charge is -2.37. The molecule has 0 unspecified atom stereocenters. The van der Waals surface area contributed by atoms with E-state index in [1.54, 1.807) is 11.1 Å². The molecule has 3 aromatic rings. The van der Waals surface area contributed by atoms with Crippen molar-refractivity contribution in [1.82, 2.24) is 19.8 Å². The van der Waals surface area contributed by atoms with E-state index in [9.17, 15) is 9.59 Å². The number of hydrogen-bond acceptors (Lipinski definition) is 7. The number of urea groups is 1. The molecule has 2 aliphatic rings. The van der Waals surface area contributed by atoms with Crippen LogP contribution in [0.2, 0.25) is 0 Å². The molecule has 2 saturated heterocycles. The maximum Gasteiger partial charge on any atom is 0.323 e. The van der Waals surface area contributed by atoms with Gasteiger partial charge in [-0.2, -0.15) is 0 Å². The zero-order valence-corrected chi connectivity index (χ0v) is 22.2. The Morgan fingerprint density at radius 3 is 2.38 bits per heavy atom. The molecule has 0 atom stereocenters. The summed E-state index contributed by atoms with van der Waals surface area (Å²) in [6.07, 6.45) is 2.03. The number of amides is 3. The third-order valence-corrected chi connectivity index (χ3v) is 7.78. The van der Waals surface area contributed by atoms with Crippen LogP contribution in [-0.4, -0.2) is 84.1 Å². The predicted molar refractivity (Wildman–Crippen MR) is 148 cm³/mol. The van der Waals surface area contributed by atoms with Crippen LogP contribution in [0.15, 0.2) is 48.0 Å². The molecule has 4 heterocycles. The van der Waals surface area contributed by atoms with Crippen molar-refractivity contribution in [1.29, 1.82) is 0 Å². The van der Waals surface area contributed by atoms with Gasteiger partial charge in [0.1, 0.15) is 5.82 Å². The first-order valence-corrected chi connectivity index (χ1v) is 13.6. The van der Waals surface area contributed by atoms with Gasteiger partial charge in [-0.1, -0.05) is 18.2 Å². The Labute approximate surface area is 221 Å². The SMILES string of the molecule is Cc1ccc(C)c(N2CCN(C(=O)Cc3csc(NC(=O)N4CCN(c5ccccn5)CC4)n3)CC2)c1. The standard InChI is InChI=1S/C27H33N7O2S/c1-20-6-7-21(2)23(17-20)31-9-13-33(14-10-31)25(35)18-22-19-37-26(29-22)30-27(36)34-15-11-32(12-16-34)24-5-3-4-8-28-24/h3-8,17,19H,9-16,18H2,1-2H3,(H,29,30,36). The maximum absolute atomic E-state index is 12.9. The number of carbonyl (C=O) groups excluding carboxylic acids is 2. The molecule has 0 bridgehead atoms. The summed E-state index contributed by atoms with van der Waals surface area (Å²) in [5.74, 6) is 1.01. The van der Waals surface area contributed by atoms with Crippen LogP contribution in [0.25, 0.3) is 0 Å². The van der Waals surface area contributed by atoms with E-state index in [1.165, 1.54) is 28.2 Å². The summed E-state index contributed by atoms with van der Waals surface area (Å²) in [6, 6.07) is 12.2. The Kier molecular flexibility index (Phi) is 7.55. The van der Waals surface area contributed by atoms with E-state index < -0.39 is 0 Å². The molecular weight excluding hydrogens is 486 g/mol. The van der Waals surface area contributed by atoms with Crippen LogP contribution >= 0.6 is 11.3 Å². The molecule has 2 aromatic heterocycles. The quantitative estimate of drug-likeness (QED) is 0.556. The van der Waals surface area contributed by atoms with Crippen molar-refractivity contribution in [2.24, 2.45) is 0 Å². The first-order valence-electron chi connectivity index (χ1n) is 12.7. The van der Waals surface area contributed by atoms with Gasteiger partial charge in [-0.25, -0.2) is 14.8 Å². The molecule has 1 aromatic carbocycles. The average molecular weight is 520 g/mol. The van der Waals surface area contributed by atoms with Crippen molar-refractivity contribution in [3.8, 4) is 0 Å². The molecule has 10 heteroatoms. The second-order valence-corrected chi connectivity index (χ2v) is 10.4. The molecule has 2 aliphatic heterocycles. The zero-order valence-electron chi connectivity index (χ0n) is 21.4. The van der Waals surface area contributed by atoms with E-state index in [4.69, 9.17) is 0 Å². The summed E-state index contributed by atoms with van der Waals surface area (Å²) in [6.45, 7) is 9.99. The van der Waals surface area contributed by atoms with E-state index in [0.29, 0.717) is 37.0 Å². The number of carbonyl (C=O) groups is 2. The maximum atomic E-state index is 12.9. The van der Waals surface area contributed by atoms with Crippen molar-refractivity contribution in [3.63, 3.8) is 0 Å². The lowest BCUT2D eigenvalue weighted by Crippen LogP contribution is -2.50. The Hall–Kier alpha value is -3.66. The third kappa shape index (κ3) is 6.02. The number of aromatic nitrogens is 2. The van der Waals surface area contributed by atoms with E-state index in [2.05, 4.69) is 57.1 Å². The van der Waals surface area contributed by atoms with Crippen molar-refractivity contribution in [2.45, 2.75) is 20.3 Å². The van der Waals surface area contributed by atoms with Crippen LogP contribution in [0.3, 0.4) is 0 Å². The largest absolute Gasteiger partial charge is 0.368 e. The highest BCUT2D eigenvalue weighted by molar-refractivity contribution is 7.13. The second kappa shape index (κ2) is 11.2. The number of anilines is 3. The minimum Gasteiger partial charge on any atom is -0.368 e. The van der Waals surface area contributed by atoms with Crippen molar-refractivity contribution in [3.05, 3.63) is 64.8 Å². The van der Waals surface area contributed by atoms with Crippen LogP contribution in [0.5, 0.6) is 0 Å². The Bertz CT molecular complexity index is 1230. The number of nitrogens with zero attached hydrogens (tertiary/aromatic N) is 6. The number of aryl methyl sites for hydroxylation is 2. The minimum absolute atomic E-state index is 0.0782. The summed E-state index contributed by atoms with van der Waals surface area (Å²) in [4.78, 5) is 42.8. The first kappa shape index (κ1) is 25.0. The summed E-state index contributed by atoms with van der Waals surface area (Å²) < 4.78 is 0. The van der Waals surface area contributed by atoms with Gasteiger partial charge in [0, 0.05) is 69.6 Å². The normalized spacial score (nSPS) is 16.2. The molecule has 0 aliphatic carbocycles. The lowest BCUT2D eigenvalue weighted by atomic mass is 10.1. The Balaban J connectivity index is 1.08. The predicted octanol–water partition coefficient (Wildman–Crippen LogP) is 3.40. The fraction of sp³-hybridized carbons (Fsp3) is 0.407. The zero-order chi connectivity index (χ0) is 25.8. The summed E-state index contributed by atoms with van der Waals surface area (Å²) >= 11 is 1.36. The molecule has 2 fully saturated rings. The van der Waals surface area contributed by atoms with E-state index in [0.717, 1.165) is 32.0 Å². The highest BCUT2D eigenvalue weighted by atomic mass is 32.1. The summed E-state index contributed by atoms with van der Waals surface area (Å²) in [5, 5.41) is 5.29. The van der Waals surface area contributed by atoms with E-state index in [1.807, 2.05) is 28.5 Å². The van der Waals surface area contributed by atoms with Crippen LogP contribution < -0.4 is 15.1 Å². The second-order valence-electron chi connectivity index (χ2n) is 9.57. The number of pyridine rings is 1. The fourth-order valence-corrected chi connectivity index (χ4v) is 5.52. The number of hydrogen-bond donors (Lipinski definition) is 1. The molecule has 3 amide bonds. The highest BCUT2D eigenvalue weighted by Gasteiger charge is 2.24. The van der Waals surface area contributed by atoms with Crippen LogP contribution in [0.4, 0.5) is 21.4 Å². The molecular formula is C27H33N7O2S. The molecule has 0 spiro atoms. The first-order chi connectivity index (χ1) is 18.0. The number of piperazine rings is 2. The molecule has 0 radical (unpaired) electrons. The summed E-state index contributed by atoms with van der Waals surface area (Å²) in [7, 11) is 0. The number of rotatable bonds is 5. The number of thiazole rings is 1. The monoisotopic (exact) mass is 519 g/mol. The number of benzene rings is 1. The molecule has 0 saturated carbocycles. The van der Waals surface area contributed by atoms with E-state index in [-0.39, 0.29) is 18.4 Å². The van der Waals surface area contributed by atoms with Crippen LogP contribution in [0, 0.1) is 13.8 Å². The number of nitrogens with one attached hydrogen (secondary N) is 1. The molecule has 9 nitrogen and oxygen atoms in total. The smallest absolute Gasteiger partial charge is 0.323 e. The van der Waals surface area contributed by atoms with Gasteiger partial charge >= 0.3 is 6.03 Å². The topological polar surface area (TPSA) is 84.9 Å². The van der Waals surface area contributed by atoms with Gasteiger partial charge < -0.3 is 19.6 Å². The molecule has 37 heavy (non-hydrogen) atoms. The van der Waals surface area contributed by atoms with Gasteiger partial charge in [-0.05, 0) is 43.2 Å². The van der Waals surface area contributed by atoms with Gasteiger partial charge in [0.25, 0.3) is 0 Å². The average Bonchev–Trinajstić information content (AvgIpc) is 3.37. The van der Waals surface area contributed by atoms with Gasteiger partial charge in [-0.3, -0.25) is 10.1 Å². The summed E-state index contributed by atoms with van der Waals surface area (Å²) in [5.41, 5.74) is 4.46. The molecule has 5 rings (SSSR count). The van der Waals surface area contributed by atoms with Crippen molar-refractivity contribution >= 4 is 39.9 Å². The molecule has 1 N–H and O–H groups in total. The van der Waals surface area contributed by atoms with Gasteiger partial charge in [-0.15, -0.1) is 11.3 Å². The van der Waals surface area contributed by atoms with Crippen LogP contribution in [-0.2, 0) is 11.2 Å². The van der Waals surface area contributed by atoms with E-state index >= 15 is 0 Å². The van der Waals surface area contributed by atoms with Gasteiger partial charge in [0.2, 0.25) is 5.91 Å². The van der Waals surface area contributed by atoms with Crippen molar-refractivity contribution in [2.75, 3.05) is 67.5 Å². The van der Waals surface area contributed by atoms with Crippen LogP contribution in [0.1, 0.15) is 16.8 Å².